The molecule has 1 radical (unpaired) electrons. The molecule has 0 saturated carbocycles. The Kier molecular flexibility index (Phi) is 4.68. The molecule has 1 unspecified atom stereocenters. The Morgan fingerprint density at radius 3 is 2.18 bits per heavy atom. The van der Waals surface area contributed by atoms with Crippen molar-refractivity contribution >= 4 is 9.84 Å². The number of rotatable bonds is 5. The maximum atomic E-state index is 11.0. The quantitative estimate of drug-likeness (QED) is 0.640. The van der Waals surface area contributed by atoms with Crippen LogP contribution in [-0.2, 0) is 14.9 Å². The first-order chi connectivity index (χ1) is 5.04. The lowest BCUT2D eigenvalue weighted by molar-refractivity contribution is 0.151. The molecule has 0 aliphatic heterocycles. The molecule has 0 rings (SSSR count). The number of sulfone groups is 1. The fourth-order valence-electron chi connectivity index (χ4n) is 0.731. The van der Waals surface area contributed by atoms with Crippen molar-refractivity contribution in [1.82, 2.24) is 0 Å². The molecule has 0 saturated heterocycles. The molecule has 0 bridgehead atoms. The Bertz CT molecular complexity index is 184. The van der Waals surface area contributed by atoms with Crippen molar-refractivity contribution in [3.63, 3.8) is 0 Å². The third kappa shape index (κ3) is 3.72. The van der Waals surface area contributed by atoms with Crippen molar-refractivity contribution in [2.45, 2.75) is 38.5 Å². The van der Waals surface area contributed by atoms with Crippen LogP contribution in [0.1, 0.15) is 33.1 Å². The van der Waals surface area contributed by atoms with Crippen LogP contribution in [0.3, 0.4) is 0 Å². The van der Waals surface area contributed by atoms with Gasteiger partial charge in [-0.2, -0.15) is 0 Å². The summed E-state index contributed by atoms with van der Waals surface area (Å²) in [5, 5.41) is 10.8. The fourth-order valence-corrected chi connectivity index (χ4v) is 2.19. The summed E-state index contributed by atoms with van der Waals surface area (Å²) in [5.41, 5.74) is -1.41. The van der Waals surface area contributed by atoms with E-state index in [2.05, 4.69) is 0 Å². The Labute approximate surface area is 68.3 Å². The van der Waals surface area contributed by atoms with Gasteiger partial charge in [0.1, 0.15) is 0 Å². The standard InChI is InChI=1S/C7H15O3S/c1-3-5-6-11(9,10)7(8)4-2/h7H,3-6H2,1-2H3. The highest BCUT2D eigenvalue weighted by Gasteiger charge is 2.21. The Hall–Kier alpha value is -0.0900. The monoisotopic (exact) mass is 179 g/mol. The van der Waals surface area contributed by atoms with Crippen molar-refractivity contribution in [2.24, 2.45) is 0 Å². The molecule has 0 aromatic heterocycles. The molecule has 0 amide bonds. The molecule has 0 aromatic rings. The van der Waals surface area contributed by atoms with E-state index in [9.17, 15) is 13.5 Å². The Morgan fingerprint density at radius 2 is 1.82 bits per heavy atom. The minimum absolute atomic E-state index is 0.0471. The van der Waals surface area contributed by atoms with E-state index in [0.717, 1.165) is 6.42 Å². The van der Waals surface area contributed by atoms with E-state index >= 15 is 0 Å². The van der Waals surface area contributed by atoms with E-state index in [1.807, 2.05) is 6.92 Å². The predicted octanol–water partition coefficient (Wildman–Crippen LogP) is 1.37. The average Bonchev–Trinajstić information content (AvgIpc) is 1.99. The van der Waals surface area contributed by atoms with E-state index in [-0.39, 0.29) is 12.2 Å². The Balaban J connectivity index is 4.01. The largest absolute Gasteiger partial charge is 0.226 e. The number of hydrogen-bond acceptors (Lipinski definition) is 2. The highest BCUT2D eigenvalue weighted by Crippen LogP contribution is 2.06. The summed E-state index contributed by atoms with van der Waals surface area (Å²) in [6.07, 6.45) is 1.59. The highest BCUT2D eigenvalue weighted by atomic mass is 32.2. The molecule has 0 aliphatic carbocycles. The zero-order valence-corrected chi connectivity index (χ0v) is 7.86. The van der Waals surface area contributed by atoms with Gasteiger partial charge >= 0.3 is 0 Å². The molecule has 0 spiro atoms. The van der Waals surface area contributed by atoms with Crippen LogP contribution in [0.4, 0.5) is 0 Å². The van der Waals surface area contributed by atoms with Crippen molar-refractivity contribution in [3.05, 3.63) is 0 Å². The maximum absolute atomic E-state index is 11.0. The molecule has 4 heteroatoms. The molecule has 0 heterocycles. The van der Waals surface area contributed by atoms with Crippen molar-refractivity contribution < 1.29 is 13.5 Å². The zero-order chi connectivity index (χ0) is 8.91. The van der Waals surface area contributed by atoms with Crippen molar-refractivity contribution in [3.8, 4) is 0 Å². The molecule has 0 aliphatic rings. The molecule has 1 atom stereocenters. The second kappa shape index (κ2) is 4.72. The third-order valence-electron chi connectivity index (χ3n) is 1.52. The van der Waals surface area contributed by atoms with Crippen LogP contribution in [0.15, 0.2) is 0 Å². The van der Waals surface area contributed by atoms with Crippen LogP contribution in [0.5, 0.6) is 0 Å². The molecule has 67 valence electrons. The minimum atomic E-state index is -3.33. The van der Waals surface area contributed by atoms with Crippen molar-refractivity contribution in [2.75, 3.05) is 5.75 Å². The van der Waals surface area contributed by atoms with Gasteiger partial charge in [0.05, 0.1) is 5.75 Å². The molecular formula is C7H15O3S. The summed E-state index contributed by atoms with van der Waals surface area (Å²) in [5.74, 6) is 0.0471. The van der Waals surface area contributed by atoms with Crippen LogP contribution in [-0.4, -0.2) is 19.6 Å². The second-order valence-electron chi connectivity index (χ2n) is 2.56. The van der Waals surface area contributed by atoms with Crippen LogP contribution in [0, 0.1) is 0 Å². The van der Waals surface area contributed by atoms with Crippen LogP contribution in [0.2, 0.25) is 0 Å². The first-order valence-corrected chi connectivity index (χ1v) is 5.63. The molecule has 3 nitrogen and oxygen atoms in total. The SMILES string of the molecule is CCCCS(=O)(=O)C([O])CC. The van der Waals surface area contributed by atoms with E-state index in [1.54, 1.807) is 6.92 Å². The van der Waals surface area contributed by atoms with Gasteiger partial charge in [-0.1, -0.05) is 20.3 Å². The van der Waals surface area contributed by atoms with Gasteiger partial charge in [-0.15, -0.1) is 0 Å². The van der Waals surface area contributed by atoms with E-state index in [1.165, 1.54) is 0 Å². The summed E-state index contributed by atoms with van der Waals surface area (Å²) in [7, 11) is -3.33. The third-order valence-corrected chi connectivity index (χ3v) is 3.51. The number of unbranched alkanes of at least 4 members (excludes halogenated alkanes) is 1. The number of hydrogen-bond donors (Lipinski definition) is 0. The zero-order valence-electron chi connectivity index (χ0n) is 7.04. The second-order valence-corrected chi connectivity index (χ2v) is 4.82. The van der Waals surface area contributed by atoms with Gasteiger partial charge < -0.3 is 0 Å². The molecule has 11 heavy (non-hydrogen) atoms. The van der Waals surface area contributed by atoms with Crippen LogP contribution < -0.4 is 0 Å². The summed E-state index contributed by atoms with van der Waals surface area (Å²) >= 11 is 0. The minimum Gasteiger partial charge on any atom is -0.226 e. The molecule has 0 N–H and O–H groups in total. The maximum Gasteiger partial charge on any atom is 0.193 e. The summed E-state index contributed by atoms with van der Waals surface area (Å²) in [6.45, 7) is 3.50. The molecule has 0 aromatic carbocycles. The van der Waals surface area contributed by atoms with E-state index in [4.69, 9.17) is 0 Å². The first-order valence-electron chi connectivity index (χ1n) is 3.92. The van der Waals surface area contributed by atoms with E-state index < -0.39 is 15.3 Å². The van der Waals surface area contributed by atoms with Gasteiger partial charge in [-0.25, -0.2) is 13.5 Å². The predicted molar refractivity (Wildman–Crippen MR) is 43.5 cm³/mol. The van der Waals surface area contributed by atoms with Crippen LogP contribution in [0.25, 0.3) is 0 Å². The van der Waals surface area contributed by atoms with E-state index in [0.29, 0.717) is 6.42 Å². The van der Waals surface area contributed by atoms with Crippen molar-refractivity contribution in [1.29, 1.82) is 0 Å². The Morgan fingerprint density at radius 1 is 1.27 bits per heavy atom. The average molecular weight is 179 g/mol. The van der Waals surface area contributed by atoms with Gasteiger partial charge in [-0.05, 0) is 12.8 Å². The fraction of sp³-hybridized carbons (Fsp3) is 1.00. The summed E-state index contributed by atoms with van der Waals surface area (Å²) in [6, 6.07) is 0. The molecule has 0 fully saturated rings. The van der Waals surface area contributed by atoms with Crippen LogP contribution >= 0.6 is 0 Å². The summed E-state index contributed by atoms with van der Waals surface area (Å²) in [4.78, 5) is 0. The first kappa shape index (κ1) is 10.9. The van der Waals surface area contributed by atoms with Gasteiger partial charge in [0.15, 0.2) is 15.3 Å². The lowest BCUT2D eigenvalue weighted by atomic mass is 10.4. The van der Waals surface area contributed by atoms with Gasteiger partial charge in [0.2, 0.25) is 0 Å². The normalized spacial score (nSPS) is 14.8. The molecular weight excluding hydrogens is 164 g/mol. The topological polar surface area (TPSA) is 54.0 Å². The smallest absolute Gasteiger partial charge is 0.193 e. The van der Waals surface area contributed by atoms with Gasteiger partial charge in [0.25, 0.3) is 0 Å². The highest BCUT2D eigenvalue weighted by molar-refractivity contribution is 7.91. The van der Waals surface area contributed by atoms with Gasteiger partial charge in [0, 0.05) is 0 Å². The lowest BCUT2D eigenvalue weighted by Crippen LogP contribution is -2.21. The lowest BCUT2D eigenvalue weighted by Gasteiger charge is -2.05. The summed E-state index contributed by atoms with van der Waals surface area (Å²) < 4.78 is 22.0. The van der Waals surface area contributed by atoms with Gasteiger partial charge in [-0.3, -0.25) is 0 Å².